The second kappa shape index (κ2) is 8.64. The molecule has 2 unspecified atom stereocenters. The van der Waals surface area contributed by atoms with E-state index in [0.717, 1.165) is 25.2 Å². The summed E-state index contributed by atoms with van der Waals surface area (Å²) in [5.41, 5.74) is 1.09. The summed E-state index contributed by atoms with van der Waals surface area (Å²) in [5.74, 6) is 0.947. The molecule has 0 bridgehead atoms. The third kappa shape index (κ3) is 4.30. The van der Waals surface area contributed by atoms with E-state index in [1.807, 2.05) is 47.8 Å². The van der Waals surface area contributed by atoms with E-state index in [1.54, 1.807) is 0 Å². The summed E-state index contributed by atoms with van der Waals surface area (Å²) in [5, 5.41) is 12.5. The highest BCUT2D eigenvalue weighted by molar-refractivity contribution is 7.12. The third-order valence-corrected chi connectivity index (χ3v) is 5.77. The lowest BCUT2D eigenvalue weighted by atomic mass is 10.1. The molecule has 3 heterocycles. The number of amides is 1. The van der Waals surface area contributed by atoms with Gasteiger partial charge < -0.3 is 15.2 Å². The van der Waals surface area contributed by atoms with Crippen LogP contribution in [0.1, 0.15) is 39.0 Å². The molecule has 4 rings (SSSR count). The van der Waals surface area contributed by atoms with Gasteiger partial charge in [0.15, 0.2) is 5.82 Å². The normalized spacial score (nSPS) is 18.7. The lowest BCUT2D eigenvalue weighted by molar-refractivity contribution is 0.0932. The molecule has 0 spiro atoms. The van der Waals surface area contributed by atoms with Gasteiger partial charge in [0, 0.05) is 26.1 Å². The number of benzene rings is 1. The van der Waals surface area contributed by atoms with E-state index in [-0.39, 0.29) is 18.0 Å². The molecule has 1 saturated heterocycles. The fourth-order valence-electron chi connectivity index (χ4n) is 3.31. The fourth-order valence-corrected chi connectivity index (χ4v) is 3.93. The quantitative estimate of drug-likeness (QED) is 0.665. The first-order valence-electron chi connectivity index (χ1n) is 9.33. The van der Waals surface area contributed by atoms with Crippen LogP contribution in [0.3, 0.4) is 0 Å². The van der Waals surface area contributed by atoms with Gasteiger partial charge in [-0.3, -0.25) is 9.69 Å². The number of nitrogens with one attached hydrogen (secondary N) is 2. The molecule has 2 N–H and O–H groups in total. The van der Waals surface area contributed by atoms with Crippen molar-refractivity contribution in [1.29, 1.82) is 0 Å². The van der Waals surface area contributed by atoms with Crippen molar-refractivity contribution in [3.05, 3.63) is 70.0 Å². The highest BCUT2D eigenvalue weighted by Gasteiger charge is 2.28. The van der Waals surface area contributed by atoms with Crippen molar-refractivity contribution in [2.75, 3.05) is 26.7 Å². The Hall–Kier alpha value is -2.55. The zero-order valence-electron chi connectivity index (χ0n) is 15.7. The summed E-state index contributed by atoms with van der Waals surface area (Å²) < 4.78 is 5.59. The number of carbonyl (C=O) groups is 1. The van der Waals surface area contributed by atoms with Crippen LogP contribution >= 0.6 is 11.3 Å². The molecule has 146 valence electrons. The second-order valence-corrected chi connectivity index (χ2v) is 7.83. The number of likely N-dealkylation sites (N-methyl/N-ethyl adjacent to an activating group) is 1. The number of carbonyl (C=O) groups excluding carboxylic acids is 1. The van der Waals surface area contributed by atoms with Crippen molar-refractivity contribution in [3.63, 3.8) is 0 Å². The molecule has 2 atom stereocenters. The number of rotatable bonds is 6. The highest BCUT2D eigenvalue weighted by Crippen LogP contribution is 2.23. The topological polar surface area (TPSA) is 83.3 Å². The molecule has 3 aromatic rings. The van der Waals surface area contributed by atoms with Gasteiger partial charge in [0.05, 0.1) is 10.9 Å². The van der Waals surface area contributed by atoms with Crippen LogP contribution in [-0.2, 0) is 6.42 Å². The van der Waals surface area contributed by atoms with Crippen molar-refractivity contribution in [3.8, 4) is 0 Å². The number of hydrogen-bond acceptors (Lipinski definition) is 7. The summed E-state index contributed by atoms with van der Waals surface area (Å²) in [7, 11) is 2.06. The number of aromatic nitrogens is 2. The molecule has 0 saturated carbocycles. The molecule has 8 heteroatoms. The predicted molar refractivity (Wildman–Crippen MR) is 107 cm³/mol. The zero-order chi connectivity index (χ0) is 19.3. The van der Waals surface area contributed by atoms with Gasteiger partial charge in [-0.15, -0.1) is 11.3 Å². The van der Waals surface area contributed by atoms with Crippen LogP contribution in [0.25, 0.3) is 0 Å². The van der Waals surface area contributed by atoms with Gasteiger partial charge >= 0.3 is 0 Å². The minimum atomic E-state index is -0.389. The Morgan fingerprint density at radius 1 is 1.36 bits per heavy atom. The summed E-state index contributed by atoms with van der Waals surface area (Å²) >= 11 is 1.41. The van der Waals surface area contributed by atoms with Gasteiger partial charge in [0.1, 0.15) is 6.04 Å². The molecular weight excluding hydrogens is 374 g/mol. The smallest absolute Gasteiger partial charge is 0.262 e. The number of nitrogens with zero attached hydrogens (tertiary/aromatic N) is 3. The predicted octanol–water partition coefficient (Wildman–Crippen LogP) is 2.42. The van der Waals surface area contributed by atoms with Gasteiger partial charge in [-0.2, -0.15) is 4.98 Å². The van der Waals surface area contributed by atoms with E-state index in [2.05, 4.69) is 32.7 Å². The monoisotopic (exact) mass is 397 g/mol. The zero-order valence-corrected chi connectivity index (χ0v) is 16.5. The van der Waals surface area contributed by atoms with Crippen molar-refractivity contribution in [2.45, 2.75) is 18.5 Å². The molecule has 0 radical (unpaired) electrons. The van der Waals surface area contributed by atoms with Crippen molar-refractivity contribution in [2.24, 2.45) is 0 Å². The fraction of sp³-hybridized carbons (Fsp3) is 0.350. The first-order valence-corrected chi connectivity index (χ1v) is 10.2. The van der Waals surface area contributed by atoms with Crippen LogP contribution in [0.15, 0.2) is 52.4 Å². The number of thiophene rings is 1. The Balaban J connectivity index is 1.56. The van der Waals surface area contributed by atoms with Gasteiger partial charge in [-0.25, -0.2) is 0 Å². The Morgan fingerprint density at radius 3 is 2.96 bits per heavy atom. The van der Waals surface area contributed by atoms with E-state index in [0.29, 0.717) is 23.0 Å². The standard InChI is InChI=1S/C20H23N5O2S/c1-25-10-9-21-13-16(25)18-23-20(27-24-18)15(12-14-6-3-2-4-7-14)22-19(26)17-8-5-11-28-17/h2-8,11,15-16,21H,9-10,12-13H2,1H3,(H,22,26). The maximum atomic E-state index is 12.6. The van der Waals surface area contributed by atoms with Crippen molar-refractivity contribution in [1.82, 2.24) is 25.7 Å². The molecule has 1 amide bonds. The number of hydrogen-bond donors (Lipinski definition) is 2. The molecule has 1 aliphatic heterocycles. The van der Waals surface area contributed by atoms with Crippen LogP contribution in [0.5, 0.6) is 0 Å². The first kappa shape index (κ1) is 18.8. The van der Waals surface area contributed by atoms with E-state index in [4.69, 9.17) is 4.52 Å². The lowest BCUT2D eigenvalue weighted by Crippen LogP contribution is -2.44. The SMILES string of the molecule is CN1CCNCC1c1noc(C(Cc2ccccc2)NC(=O)c2cccs2)n1. The largest absolute Gasteiger partial charge is 0.339 e. The minimum Gasteiger partial charge on any atom is -0.339 e. The number of piperazine rings is 1. The van der Waals surface area contributed by atoms with Gasteiger partial charge in [0.2, 0.25) is 5.89 Å². The van der Waals surface area contributed by atoms with E-state index in [9.17, 15) is 4.79 Å². The average Bonchev–Trinajstić information content (AvgIpc) is 3.41. The molecule has 1 aliphatic rings. The van der Waals surface area contributed by atoms with E-state index < -0.39 is 0 Å². The Labute approximate surface area is 167 Å². The minimum absolute atomic E-state index is 0.0663. The van der Waals surface area contributed by atoms with Gasteiger partial charge in [-0.1, -0.05) is 41.6 Å². The van der Waals surface area contributed by atoms with Crippen LogP contribution in [0, 0.1) is 0 Å². The third-order valence-electron chi connectivity index (χ3n) is 4.90. The maximum absolute atomic E-state index is 12.6. The summed E-state index contributed by atoms with van der Waals surface area (Å²) in [4.78, 5) is 20.1. The van der Waals surface area contributed by atoms with E-state index in [1.165, 1.54) is 11.3 Å². The summed E-state index contributed by atoms with van der Waals surface area (Å²) in [6.45, 7) is 2.66. The van der Waals surface area contributed by atoms with Crippen LogP contribution in [0.2, 0.25) is 0 Å². The molecule has 7 nitrogen and oxygen atoms in total. The molecule has 2 aromatic heterocycles. The molecule has 1 fully saturated rings. The lowest BCUT2D eigenvalue weighted by Gasteiger charge is -2.30. The van der Waals surface area contributed by atoms with Crippen molar-refractivity contribution < 1.29 is 9.32 Å². The summed E-state index contributed by atoms with van der Waals surface area (Å²) in [6, 6.07) is 13.3. The summed E-state index contributed by atoms with van der Waals surface area (Å²) in [6.07, 6.45) is 0.582. The molecule has 1 aromatic carbocycles. The molecule has 0 aliphatic carbocycles. The highest BCUT2D eigenvalue weighted by atomic mass is 32.1. The Morgan fingerprint density at radius 2 is 2.21 bits per heavy atom. The maximum Gasteiger partial charge on any atom is 0.262 e. The van der Waals surface area contributed by atoms with Gasteiger partial charge in [0.25, 0.3) is 5.91 Å². The second-order valence-electron chi connectivity index (χ2n) is 6.88. The van der Waals surface area contributed by atoms with Crippen LogP contribution in [-0.4, -0.2) is 47.6 Å². The first-order chi connectivity index (χ1) is 13.7. The van der Waals surface area contributed by atoms with Gasteiger partial charge in [-0.05, 0) is 24.1 Å². The molecular formula is C20H23N5O2S. The van der Waals surface area contributed by atoms with Crippen LogP contribution < -0.4 is 10.6 Å². The van der Waals surface area contributed by atoms with Crippen molar-refractivity contribution >= 4 is 17.2 Å². The average molecular weight is 398 g/mol. The Kier molecular flexibility index (Phi) is 5.80. The molecule has 28 heavy (non-hydrogen) atoms. The van der Waals surface area contributed by atoms with Crippen LogP contribution in [0.4, 0.5) is 0 Å². The Bertz CT molecular complexity index is 896. The van der Waals surface area contributed by atoms with E-state index >= 15 is 0 Å².